The molecule has 0 aliphatic rings. The number of carbonyl (C=O) groups excluding carboxylic acids is 3. The Kier molecular flexibility index (Phi) is 7.96. The summed E-state index contributed by atoms with van der Waals surface area (Å²) < 4.78 is 6.25. The highest BCUT2D eigenvalue weighted by Gasteiger charge is 2.24. The number of hydrogen-bond acceptors (Lipinski definition) is 5. The Bertz CT molecular complexity index is 1030. The Hall–Kier alpha value is -3.00. The van der Waals surface area contributed by atoms with Crippen LogP contribution in [0.4, 0.5) is 5.69 Å². The van der Waals surface area contributed by atoms with E-state index in [4.69, 9.17) is 4.74 Å². The van der Waals surface area contributed by atoms with Crippen LogP contribution in [-0.2, 0) is 9.59 Å². The smallest absolute Gasteiger partial charge is 0.316 e. The molecule has 2 N–H and O–H groups in total. The van der Waals surface area contributed by atoms with Gasteiger partial charge in [-0.2, -0.15) is 5.10 Å². The van der Waals surface area contributed by atoms with Crippen LogP contribution in [0.2, 0.25) is 0 Å². The molecule has 0 fully saturated rings. The van der Waals surface area contributed by atoms with Gasteiger partial charge in [0, 0.05) is 26.7 Å². The van der Waals surface area contributed by atoms with Crippen LogP contribution < -0.4 is 15.5 Å². The Labute approximate surface area is 196 Å². The van der Waals surface area contributed by atoms with Gasteiger partial charge < -0.3 is 10.1 Å². The van der Waals surface area contributed by atoms with E-state index in [0.717, 1.165) is 4.47 Å². The maximum absolute atomic E-state index is 12.4. The van der Waals surface area contributed by atoms with E-state index in [1.165, 1.54) is 6.21 Å². The number of anilines is 1. The first-order chi connectivity index (χ1) is 14.8. The summed E-state index contributed by atoms with van der Waals surface area (Å²) in [4.78, 5) is 36.7. The minimum absolute atomic E-state index is 0.115. The number of nitrogens with zero attached hydrogens (tertiary/aromatic N) is 1. The first-order valence-electron chi connectivity index (χ1n) is 10.0. The van der Waals surface area contributed by atoms with Crippen LogP contribution in [0.5, 0.6) is 5.75 Å². The molecule has 0 spiro atoms. The van der Waals surface area contributed by atoms with Crippen molar-refractivity contribution in [3.63, 3.8) is 0 Å². The third-order valence-electron chi connectivity index (χ3n) is 4.24. The van der Waals surface area contributed by atoms with Crippen molar-refractivity contribution in [3.8, 4) is 5.75 Å². The molecule has 2 amide bonds. The average Bonchev–Trinajstić information content (AvgIpc) is 2.68. The molecule has 2 aromatic rings. The Morgan fingerprint density at radius 1 is 0.938 bits per heavy atom. The number of hydrazone groups is 1. The molecule has 0 radical (unpaired) electrons. The number of ether oxygens (including phenoxy) is 1. The standard InChI is InChI=1S/C24H28BrN3O4/c1-23(2,3)21(30)27-18-10-7-15(8-11-18)20(29)28-26-14-16-13-17(25)9-12-19(16)32-22(31)24(4,5)6/h7-14H,1-6H3,(H,27,30)(H,28,29)/b26-14-. The summed E-state index contributed by atoms with van der Waals surface area (Å²) in [7, 11) is 0. The highest BCUT2D eigenvalue weighted by atomic mass is 79.9. The van der Waals surface area contributed by atoms with E-state index < -0.39 is 16.7 Å². The maximum Gasteiger partial charge on any atom is 0.316 e. The summed E-state index contributed by atoms with van der Waals surface area (Å²) >= 11 is 3.38. The molecule has 8 heteroatoms. The Balaban J connectivity index is 2.07. The quantitative estimate of drug-likeness (QED) is 0.256. The molecule has 0 saturated heterocycles. The summed E-state index contributed by atoms with van der Waals surface area (Å²) in [6.45, 7) is 10.8. The highest BCUT2D eigenvalue weighted by molar-refractivity contribution is 9.10. The molecule has 32 heavy (non-hydrogen) atoms. The van der Waals surface area contributed by atoms with Crippen molar-refractivity contribution in [3.05, 3.63) is 58.1 Å². The molecule has 0 aliphatic carbocycles. The zero-order chi connectivity index (χ0) is 24.1. The molecule has 0 aliphatic heterocycles. The SMILES string of the molecule is CC(C)(C)C(=O)Nc1ccc(C(=O)N/N=C\c2cc(Br)ccc2OC(=O)C(C)(C)C)cc1. The van der Waals surface area contributed by atoms with Gasteiger partial charge in [-0.25, -0.2) is 5.43 Å². The zero-order valence-electron chi connectivity index (χ0n) is 19.1. The molecule has 0 aromatic heterocycles. The molecular weight excluding hydrogens is 474 g/mol. The van der Waals surface area contributed by atoms with Crippen LogP contribution in [0, 0.1) is 10.8 Å². The normalized spacial score (nSPS) is 11.8. The molecule has 0 atom stereocenters. The van der Waals surface area contributed by atoms with Crippen LogP contribution in [0.1, 0.15) is 57.5 Å². The average molecular weight is 502 g/mol. The van der Waals surface area contributed by atoms with Gasteiger partial charge in [-0.3, -0.25) is 14.4 Å². The van der Waals surface area contributed by atoms with E-state index >= 15 is 0 Å². The summed E-state index contributed by atoms with van der Waals surface area (Å²) in [6, 6.07) is 11.6. The zero-order valence-corrected chi connectivity index (χ0v) is 20.7. The second-order valence-corrected chi connectivity index (χ2v) is 10.2. The molecule has 0 saturated carbocycles. The second-order valence-electron chi connectivity index (χ2n) is 9.30. The summed E-state index contributed by atoms with van der Waals surface area (Å²) in [5.74, 6) is -0.573. The van der Waals surface area contributed by atoms with E-state index in [1.54, 1.807) is 63.2 Å². The minimum atomic E-state index is -0.659. The van der Waals surface area contributed by atoms with Crippen LogP contribution in [0.3, 0.4) is 0 Å². The number of halogens is 1. The third-order valence-corrected chi connectivity index (χ3v) is 4.74. The molecular formula is C24H28BrN3O4. The summed E-state index contributed by atoms with van der Waals surface area (Å²) in [5.41, 5.74) is 2.78. The van der Waals surface area contributed by atoms with Crippen molar-refractivity contribution >= 4 is 45.6 Å². The van der Waals surface area contributed by atoms with Gasteiger partial charge >= 0.3 is 5.97 Å². The minimum Gasteiger partial charge on any atom is -0.425 e. The van der Waals surface area contributed by atoms with Crippen LogP contribution in [0.25, 0.3) is 0 Å². The fourth-order valence-electron chi connectivity index (χ4n) is 2.21. The van der Waals surface area contributed by atoms with Crippen molar-refractivity contribution in [1.29, 1.82) is 0 Å². The lowest BCUT2D eigenvalue weighted by Crippen LogP contribution is -2.27. The first kappa shape index (κ1) is 25.3. The van der Waals surface area contributed by atoms with Gasteiger partial charge in [-0.1, -0.05) is 36.7 Å². The van der Waals surface area contributed by atoms with Gasteiger partial charge in [0.1, 0.15) is 5.75 Å². The Morgan fingerprint density at radius 2 is 1.56 bits per heavy atom. The van der Waals surface area contributed by atoms with Gasteiger partial charge in [0.25, 0.3) is 5.91 Å². The fourth-order valence-corrected chi connectivity index (χ4v) is 2.59. The van der Waals surface area contributed by atoms with Crippen molar-refractivity contribution < 1.29 is 19.1 Å². The van der Waals surface area contributed by atoms with E-state index in [2.05, 4.69) is 31.8 Å². The van der Waals surface area contributed by atoms with Crippen LogP contribution >= 0.6 is 15.9 Å². The fraction of sp³-hybridized carbons (Fsp3) is 0.333. The number of carbonyl (C=O) groups is 3. The Morgan fingerprint density at radius 3 is 2.12 bits per heavy atom. The van der Waals surface area contributed by atoms with E-state index in [9.17, 15) is 14.4 Å². The van der Waals surface area contributed by atoms with Gasteiger partial charge in [-0.15, -0.1) is 0 Å². The molecule has 2 aromatic carbocycles. The van der Waals surface area contributed by atoms with Gasteiger partial charge in [0.2, 0.25) is 5.91 Å². The lowest BCUT2D eigenvalue weighted by Gasteiger charge is -2.17. The van der Waals surface area contributed by atoms with Gasteiger partial charge in [0.05, 0.1) is 11.6 Å². The van der Waals surface area contributed by atoms with Crippen LogP contribution in [0.15, 0.2) is 52.0 Å². The topological polar surface area (TPSA) is 96.9 Å². The lowest BCUT2D eigenvalue weighted by molar-refractivity contribution is -0.143. The van der Waals surface area contributed by atoms with E-state index in [-0.39, 0.29) is 11.9 Å². The van der Waals surface area contributed by atoms with Gasteiger partial charge in [-0.05, 0) is 63.2 Å². The monoisotopic (exact) mass is 501 g/mol. The van der Waals surface area contributed by atoms with E-state index in [0.29, 0.717) is 22.6 Å². The summed E-state index contributed by atoms with van der Waals surface area (Å²) in [5, 5.41) is 6.79. The number of amides is 2. The van der Waals surface area contributed by atoms with E-state index in [1.807, 2.05) is 20.8 Å². The number of rotatable bonds is 5. The molecule has 0 unspecified atom stereocenters. The largest absolute Gasteiger partial charge is 0.425 e. The predicted molar refractivity (Wildman–Crippen MR) is 129 cm³/mol. The highest BCUT2D eigenvalue weighted by Crippen LogP contribution is 2.25. The first-order valence-corrected chi connectivity index (χ1v) is 10.8. The number of nitrogens with one attached hydrogen (secondary N) is 2. The van der Waals surface area contributed by atoms with Gasteiger partial charge in [0.15, 0.2) is 0 Å². The number of hydrogen-bond donors (Lipinski definition) is 2. The molecule has 0 bridgehead atoms. The summed E-state index contributed by atoms with van der Waals surface area (Å²) in [6.07, 6.45) is 1.41. The molecule has 0 heterocycles. The molecule has 2 rings (SSSR count). The second kappa shape index (κ2) is 10.1. The van der Waals surface area contributed by atoms with Crippen molar-refractivity contribution in [2.75, 3.05) is 5.32 Å². The molecule has 170 valence electrons. The third kappa shape index (κ3) is 7.30. The van der Waals surface area contributed by atoms with Crippen molar-refractivity contribution in [2.45, 2.75) is 41.5 Å². The van der Waals surface area contributed by atoms with Crippen LogP contribution in [-0.4, -0.2) is 24.0 Å². The van der Waals surface area contributed by atoms with Crippen molar-refractivity contribution in [1.82, 2.24) is 5.43 Å². The predicted octanol–water partition coefficient (Wildman–Crippen LogP) is 5.15. The number of benzene rings is 2. The maximum atomic E-state index is 12.4. The number of esters is 1. The van der Waals surface area contributed by atoms with Crippen molar-refractivity contribution in [2.24, 2.45) is 15.9 Å². The lowest BCUT2D eigenvalue weighted by atomic mass is 9.95. The molecule has 7 nitrogen and oxygen atoms in total.